The summed E-state index contributed by atoms with van der Waals surface area (Å²) in [6.45, 7) is 6.50. The first-order valence-corrected chi connectivity index (χ1v) is 6.01. The minimum atomic E-state index is 0.0863. The minimum absolute atomic E-state index is 0.0863. The summed E-state index contributed by atoms with van der Waals surface area (Å²) in [7, 11) is 0. The van der Waals surface area contributed by atoms with Crippen LogP contribution in [0.15, 0.2) is 40.5 Å². The molecule has 1 aliphatic carbocycles. The monoisotopic (exact) mass is 216 g/mol. The summed E-state index contributed by atoms with van der Waals surface area (Å²) in [6.07, 6.45) is 12.0. The zero-order chi connectivity index (χ0) is 11.6. The molecule has 0 aliphatic heterocycles. The van der Waals surface area contributed by atoms with Gasteiger partial charge in [0, 0.05) is 5.41 Å². The van der Waals surface area contributed by atoms with Crippen molar-refractivity contribution in [2.24, 2.45) is 0 Å². The topological polar surface area (TPSA) is 13.1 Å². The summed E-state index contributed by atoms with van der Waals surface area (Å²) < 4.78 is 5.66. The SMILES string of the molecule is CC(C)=C/C=C/C1(C)CCCc2ccoc21. The predicted molar refractivity (Wildman–Crippen MR) is 67.6 cm³/mol. The molecule has 1 aliphatic rings. The lowest BCUT2D eigenvalue weighted by molar-refractivity contribution is 0.367. The smallest absolute Gasteiger partial charge is 0.116 e. The van der Waals surface area contributed by atoms with Crippen molar-refractivity contribution < 1.29 is 4.42 Å². The molecule has 16 heavy (non-hydrogen) atoms. The Morgan fingerprint density at radius 1 is 1.44 bits per heavy atom. The Hall–Kier alpha value is -1.24. The summed E-state index contributed by atoms with van der Waals surface area (Å²) in [5.41, 5.74) is 2.80. The van der Waals surface area contributed by atoms with E-state index in [0.29, 0.717) is 0 Å². The molecule has 1 nitrogen and oxygen atoms in total. The molecule has 1 aromatic heterocycles. The average Bonchev–Trinajstić information content (AvgIpc) is 2.66. The molecule has 2 rings (SSSR count). The van der Waals surface area contributed by atoms with Crippen LogP contribution in [0, 0.1) is 0 Å². The maximum absolute atomic E-state index is 5.66. The molecule has 1 unspecified atom stereocenters. The third kappa shape index (κ3) is 2.13. The normalized spacial score (nSPS) is 24.4. The Labute approximate surface area is 97.9 Å². The first-order valence-electron chi connectivity index (χ1n) is 6.01. The average molecular weight is 216 g/mol. The number of hydrogen-bond acceptors (Lipinski definition) is 1. The van der Waals surface area contributed by atoms with Crippen LogP contribution in [0.1, 0.15) is 44.9 Å². The highest BCUT2D eigenvalue weighted by Crippen LogP contribution is 2.38. The van der Waals surface area contributed by atoms with Gasteiger partial charge in [0.15, 0.2) is 0 Å². The lowest BCUT2D eigenvalue weighted by atomic mass is 9.75. The van der Waals surface area contributed by atoms with Crippen molar-refractivity contribution in [1.82, 2.24) is 0 Å². The summed E-state index contributed by atoms with van der Waals surface area (Å²) in [6, 6.07) is 2.11. The van der Waals surface area contributed by atoms with Crippen LogP contribution in [0.4, 0.5) is 0 Å². The molecule has 0 saturated carbocycles. The van der Waals surface area contributed by atoms with Gasteiger partial charge in [0.05, 0.1) is 6.26 Å². The first kappa shape index (κ1) is 11.3. The quantitative estimate of drug-likeness (QED) is 0.668. The van der Waals surface area contributed by atoms with Gasteiger partial charge >= 0.3 is 0 Å². The van der Waals surface area contributed by atoms with Gasteiger partial charge in [0.25, 0.3) is 0 Å². The van der Waals surface area contributed by atoms with E-state index in [1.165, 1.54) is 24.0 Å². The van der Waals surface area contributed by atoms with E-state index >= 15 is 0 Å². The van der Waals surface area contributed by atoms with Crippen LogP contribution in [0.5, 0.6) is 0 Å². The van der Waals surface area contributed by atoms with E-state index in [2.05, 4.69) is 45.1 Å². The summed E-state index contributed by atoms with van der Waals surface area (Å²) >= 11 is 0. The highest BCUT2D eigenvalue weighted by molar-refractivity contribution is 5.33. The van der Waals surface area contributed by atoms with Gasteiger partial charge in [-0.3, -0.25) is 0 Å². The molecule has 0 N–H and O–H groups in total. The molecule has 0 bridgehead atoms. The lowest BCUT2D eigenvalue weighted by Crippen LogP contribution is -2.23. The summed E-state index contributed by atoms with van der Waals surface area (Å²) in [4.78, 5) is 0. The fourth-order valence-corrected chi connectivity index (χ4v) is 2.41. The van der Waals surface area contributed by atoms with Crippen LogP contribution in [-0.2, 0) is 11.8 Å². The second-order valence-corrected chi connectivity index (χ2v) is 5.15. The largest absolute Gasteiger partial charge is 0.468 e. The zero-order valence-corrected chi connectivity index (χ0v) is 10.4. The number of fused-ring (bicyclic) bond motifs is 1. The molecule has 1 heterocycles. The zero-order valence-electron chi connectivity index (χ0n) is 10.4. The van der Waals surface area contributed by atoms with Gasteiger partial charge in [0.1, 0.15) is 5.76 Å². The van der Waals surface area contributed by atoms with Gasteiger partial charge in [-0.05, 0) is 51.7 Å². The Morgan fingerprint density at radius 2 is 2.25 bits per heavy atom. The predicted octanol–water partition coefficient (Wildman–Crippen LogP) is 4.40. The maximum atomic E-state index is 5.66. The molecule has 0 saturated heterocycles. The fraction of sp³-hybridized carbons (Fsp3) is 0.467. The summed E-state index contributed by atoms with van der Waals surface area (Å²) in [5, 5.41) is 0. The van der Waals surface area contributed by atoms with E-state index in [9.17, 15) is 0 Å². The van der Waals surface area contributed by atoms with E-state index < -0.39 is 0 Å². The van der Waals surface area contributed by atoms with Gasteiger partial charge in [-0.1, -0.05) is 23.8 Å². The second-order valence-electron chi connectivity index (χ2n) is 5.15. The fourth-order valence-electron chi connectivity index (χ4n) is 2.41. The minimum Gasteiger partial charge on any atom is -0.468 e. The van der Waals surface area contributed by atoms with Crippen molar-refractivity contribution in [3.05, 3.63) is 47.5 Å². The van der Waals surface area contributed by atoms with E-state index in [0.717, 1.165) is 12.2 Å². The van der Waals surface area contributed by atoms with Crippen LogP contribution in [0.25, 0.3) is 0 Å². The van der Waals surface area contributed by atoms with Crippen molar-refractivity contribution in [1.29, 1.82) is 0 Å². The molecule has 0 fully saturated rings. The third-order valence-electron chi connectivity index (χ3n) is 3.30. The number of hydrogen-bond donors (Lipinski definition) is 0. The molecule has 0 spiro atoms. The Bertz CT molecular complexity index is 418. The van der Waals surface area contributed by atoms with Crippen LogP contribution in [-0.4, -0.2) is 0 Å². The first-order chi connectivity index (χ1) is 7.62. The van der Waals surface area contributed by atoms with Crippen molar-refractivity contribution in [2.45, 2.75) is 45.4 Å². The van der Waals surface area contributed by atoms with Gasteiger partial charge in [0.2, 0.25) is 0 Å². The molecule has 0 radical (unpaired) electrons. The Balaban J connectivity index is 2.27. The van der Waals surface area contributed by atoms with Crippen LogP contribution in [0.2, 0.25) is 0 Å². The van der Waals surface area contributed by atoms with E-state index in [4.69, 9.17) is 4.42 Å². The van der Waals surface area contributed by atoms with Crippen molar-refractivity contribution in [2.75, 3.05) is 0 Å². The van der Waals surface area contributed by atoms with Crippen LogP contribution < -0.4 is 0 Å². The maximum Gasteiger partial charge on any atom is 0.116 e. The molecule has 86 valence electrons. The number of allylic oxidation sites excluding steroid dienone is 4. The second kappa shape index (κ2) is 4.32. The molecule has 1 aromatic rings. The lowest BCUT2D eigenvalue weighted by Gasteiger charge is -2.29. The standard InChI is InChI=1S/C15H20O/c1-12(2)6-4-9-15(3)10-5-7-13-8-11-16-14(13)15/h4,6,8-9,11H,5,7,10H2,1-3H3/b9-4+. The number of furan rings is 1. The molecule has 1 atom stereocenters. The van der Waals surface area contributed by atoms with E-state index in [-0.39, 0.29) is 5.41 Å². The molecule has 0 amide bonds. The highest BCUT2D eigenvalue weighted by atomic mass is 16.3. The van der Waals surface area contributed by atoms with Gasteiger partial charge in [-0.15, -0.1) is 0 Å². The number of aryl methyl sites for hydroxylation is 1. The van der Waals surface area contributed by atoms with Crippen LogP contribution >= 0.6 is 0 Å². The molecule has 0 aromatic carbocycles. The van der Waals surface area contributed by atoms with Gasteiger partial charge in [-0.2, -0.15) is 0 Å². The van der Waals surface area contributed by atoms with Gasteiger partial charge < -0.3 is 4.42 Å². The third-order valence-corrected chi connectivity index (χ3v) is 3.30. The molecular weight excluding hydrogens is 196 g/mol. The van der Waals surface area contributed by atoms with Crippen molar-refractivity contribution in [3.63, 3.8) is 0 Å². The Morgan fingerprint density at radius 3 is 3.00 bits per heavy atom. The molecular formula is C15H20O. The Kier molecular flexibility index (Phi) is 3.04. The van der Waals surface area contributed by atoms with Crippen molar-refractivity contribution >= 4 is 0 Å². The van der Waals surface area contributed by atoms with Crippen LogP contribution in [0.3, 0.4) is 0 Å². The molecule has 1 heteroatoms. The number of rotatable bonds is 2. The van der Waals surface area contributed by atoms with E-state index in [1.54, 1.807) is 0 Å². The van der Waals surface area contributed by atoms with E-state index in [1.807, 2.05) is 6.26 Å². The van der Waals surface area contributed by atoms with Crippen molar-refractivity contribution in [3.8, 4) is 0 Å². The summed E-state index contributed by atoms with van der Waals surface area (Å²) in [5.74, 6) is 1.16. The van der Waals surface area contributed by atoms with Gasteiger partial charge in [-0.25, -0.2) is 0 Å². The highest BCUT2D eigenvalue weighted by Gasteiger charge is 2.32.